The van der Waals surface area contributed by atoms with Gasteiger partial charge in [0.25, 0.3) is 0 Å². The van der Waals surface area contributed by atoms with Crippen molar-refractivity contribution < 1.29 is 14.4 Å². The van der Waals surface area contributed by atoms with Crippen molar-refractivity contribution in [1.82, 2.24) is 40.8 Å². The van der Waals surface area contributed by atoms with Gasteiger partial charge in [-0.25, -0.2) is 15.0 Å². The molecule has 5 aromatic rings. The number of nitrogens with one attached hydrogen (secondary N) is 4. The molecule has 1 aliphatic heterocycles. The van der Waals surface area contributed by atoms with Crippen LogP contribution in [0.1, 0.15) is 48.8 Å². The van der Waals surface area contributed by atoms with E-state index in [1.165, 1.54) is 23.0 Å². The molecule has 0 spiro atoms. The normalized spacial score (nSPS) is 18.7. The van der Waals surface area contributed by atoms with E-state index in [-0.39, 0.29) is 30.7 Å². The van der Waals surface area contributed by atoms with Gasteiger partial charge in [0, 0.05) is 66.5 Å². The molecule has 8 N–H and O–H groups in total. The summed E-state index contributed by atoms with van der Waals surface area (Å²) in [6.07, 6.45) is 9.64. The number of pyridine rings is 1. The predicted molar refractivity (Wildman–Crippen MR) is 215 cm³/mol. The van der Waals surface area contributed by atoms with Gasteiger partial charge in [-0.1, -0.05) is 47.6 Å². The van der Waals surface area contributed by atoms with Crippen LogP contribution in [-0.2, 0) is 33.9 Å². The number of amides is 3. The zero-order valence-electron chi connectivity index (χ0n) is 30.8. The highest BCUT2D eigenvalue weighted by Crippen LogP contribution is 2.39. The van der Waals surface area contributed by atoms with Gasteiger partial charge in [-0.3, -0.25) is 14.4 Å². The summed E-state index contributed by atoms with van der Waals surface area (Å²) >= 11 is 8.44. The topological polar surface area (TPSA) is 197 Å². The number of para-hydroxylation sites is 1. The number of fused-ring (bicyclic) bond motifs is 3. The van der Waals surface area contributed by atoms with Crippen LogP contribution in [0.5, 0.6) is 0 Å². The quantitative estimate of drug-likeness (QED) is 0.111. The number of carbonyl (C=O) groups excluding carboxylic acids is 3. The summed E-state index contributed by atoms with van der Waals surface area (Å²) in [5.41, 5.74) is 16.5. The summed E-state index contributed by atoms with van der Waals surface area (Å²) in [6, 6.07) is 14.7. The summed E-state index contributed by atoms with van der Waals surface area (Å²) in [7, 11) is 1.62. The average Bonchev–Trinajstić information content (AvgIpc) is 3.62. The van der Waals surface area contributed by atoms with Crippen molar-refractivity contribution in [1.29, 1.82) is 0 Å². The minimum Gasteiger partial charge on any atom is -0.361 e. The van der Waals surface area contributed by atoms with Gasteiger partial charge in [-0.2, -0.15) is 0 Å². The molecule has 3 aromatic heterocycles. The molecular formula is C40H47ClN10O3S. The number of benzene rings is 2. The van der Waals surface area contributed by atoms with E-state index in [1.54, 1.807) is 25.5 Å². The smallest absolute Gasteiger partial charge is 0.245 e. The first kappa shape index (κ1) is 39.8. The van der Waals surface area contributed by atoms with E-state index in [4.69, 9.17) is 28.1 Å². The Labute approximate surface area is 329 Å². The van der Waals surface area contributed by atoms with Crippen LogP contribution in [-0.4, -0.2) is 80.8 Å². The van der Waals surface area contributed by atoms with Crippen molar-refractivity contribution in [2.45, 2.75) is 79.7 Å². The van der Waals surface area contributed by atoms with Crippen molar-refractivity contribution in [2.75, 3.05) is 20.1 Å². The molecular weight excluding hydrogens is 736 g/mol. The molecule has 0 saturated heterocycles. The number of nitrogens with two attached hydrogens (primary N) is 2. The van der Waals surface area contributed by atoms with Crippen LogP contribution in [0.15, 0.2) is 89.4 Å². The number of likely N-dealkylation sites (N-methyl/N-ethyl adjacent to an activating group) is 1. The highest BCUT2D eigenvalue weighted by Gasteiger charge is 2.34. The Bertz CT molecular complexity index is 2100. The molecule has 15 heteroatoms. The number of aromatic amines is 1. The molecule has 0 unspecified atom stereocenters. The second-order valence-corrected chi connectivity index (χ2v) is 15.0. The molecule has 288 valence electrons. The summed E-state index contributed by atoms with van der Waals surface area (Å²) in [5.74, 6) is -1.05. The number of carbonyl (C=O) groups is 3. The summed E-state index contributed by atoms with van der Waals surface area (Å²) in [4.78, 5) is 61.7. The van der Waals surface area contributed by atoms with Crippen LogP contribution in [0.3, 0.4) is 0 Å². The second-order valence-electron chi connectivity index (χ2n) is 13.6. The lowest BCUT2D eigenvalue weighted by molar-refractivity contribution is -0.142. The van der Waals surface area contributed by atoms with Gasteiger partial charge in [0.15, 0.2) is 0 Å². The summed E-state index contributed by atoms with van der Waals surface area (Å²) in [6.45, 7) is 1.27. The number of nitrogens with zero attached hydrogens (tertiary/aromatic N) is 4. The highest BCUT2D eigenvalue weighted by atomic mass is 35.5. The Morgan fingerprint density at radius 1 is 0.891 bits per heavy atom. The molecule has 3 atom stereocenters. The predicted octanol–water partition coefficient (Wildman–Crippen LogP) is 4.33. The molecule has 0 fully saturated rings. The first-order valence-corrected chi connectivity index (χ1v) is 19.7. The van der Waals surface area contributed by atoms with Gasteiger partial charge in [0.1, 0.15) is 23.4 Å². The molecule has 0 radical (unpaired) electrons. The Morgan fingerprint density at radius 2 is 1.71 bits per heavy atom. The third-order valence-electron chi connectivity index (χ3n) is 9.82. The molecule has 0 bridgehead atoms. The molecule has 1 aliphatic rings. The van der Waals surface area contributed by atoms with Crippen molar-refractivity contribution in [3.8, 4) is 11.3 Å². The van der Waals surface area contributed by atoms with Gasteiger partial charge in [-0.15, -0.1) is 0 Å². The van der Waals surface area contributed by atoms with Gasteiger partial charge in [0.2, 0.25) is 17.7 Å². The Hall–Kier alpha value is -4.86. The van der Waals surface area contributed by atoms with Crippen LogP contribution < -0.4 is 27.4 Å². The number of hydrogen-bond acceptors (Lipinski definition) is 10. The number of halogens is 1. The lowest BCUT2D eigenvalue weighted by Gasteiger charge is -2.32. The third-order valence-corrected chi connectivity index (χ3v) is 11.5. The fraction of sp³-hybridized carbons (Fsp3) is 0.350. The maximum absolute atomic E-state index is 14.5. The van der Waals surface area contributed by atoms with E-state index < -0.39 is 18.1 Å². The molecule has 55 heavy (non-hydrogen) atoms. The molecule has 0 aliphatic carbocycles. The van der Waals surface area contributed by atoms with Gasteiger partial charge in [-0.05, 0) is 92.2 Å². The minimum atomic E-state index is -0.929. The van der Waals surface area contributed by atoms with Crippen molar-refractivity contribution in [3.63, 3.8) is 0 Å². The molecule has 6 rings (SSSR count). The Kier molecular flexibility index (Phi) is 13.9. The number of unbranched alkanes of at least 4 members (excludes halogenated alkanes) is 1. The van der Waals surface area contributed by atoms with Crippen LogP contribution >= 0.6 is 23.4 Å². The van der Waals surface area contributed by atoms with Gasteiger partial charge < -0.3 is 37.3 Å². The zero-order valence-corrected chi connectivity index (χ0v) is 32.3. The summed E-state index contributed by atoms with van der Waals surface area (Å²) in [5, 5.41) is 11.7. The van der Waals surface area contributed by atoms with E-state index in [0.717, 1.165) is 33.2 Å². The van der Waals surface area contributed by atoms with Crippen LogP contribution in [0, 0.1) is 0 Å². The van der Waals surface area contributed by atoms with Crippen LogP contribution in [0.2, 0.25) is 5.02 Å². The van der Waals surface area contributed by atoms with E-state index in [2.05, 4.69) is 30.9 Å². The molecule has 4 heterocycles. The van der Waals surface area contributed by atoms with Crippen molar-refractivity contribution >= 4 is 52.0 Å². The number of hydrogen-bond donors (Lipinski definition) is 6. The molecule has 3 amide bonds. The van der Waals surface area contributed by atoms with Crippen LogP contribution in [0.4, 0.5) is 0 Å². The lowest BCUT2D eigenvalue weighted by atomic mass is 10.0. The first-order chi connectivity index (χ1) is 26.8. The van der Waals surface area contributed by atoms with E-state index >= 15 is 0 Å². The van der Waals surface area contributed by atoms with Crippen molar-refractivity contribution in [3.05, 3.63) is 101 Å². The van der Waals surface area contributed by atoms with E-state index in [1.807, 2.05) is 54.7 Å². The second kappa shape index (κ2) is 19.1. The molecule has 13 nitrogen and oxygen atoms in total. The largest absolute Gasteiger partial charge is 0.361 e. The zero-order chi connectivity index (χ0) is 38.7. The van der Waals surface area contributed by atoms with Gasteiger partial charge >= 0.3 is 0 Å². The number of H-pyrrole nitrogens is 1. The molecule has 2 aromatic carbocycles. The lowest BCUT2D eigenvalue weighted by Crippen LogP contribution is -2.57. The summed E-state index contributed by atoms with van der Waals surface area (Å²) < 4.78 is 0. The van der Waals surface area contributed by atoms with Gasteiger partial charge in [0.05, 0.1) is 16.8 Å². The number of aromatic nitrogens is 4. The third kappa shape index (κ3) is 9.88. The van der Waals surface area contributed by atoms with E-state index in [9.17, 15) is 14.4 Å². The monoisotopic (exact) mass is 782 g/mol. The first-order valence-electron chi connectivity index (χ1n) is 18.5. The number of rotatable bonds is 10. The Balaban J connectivity index is 1.44. The Morgan fingerprint density at radius 3 is 2.51 bits per heavy atom. The van der Waals surface area contributed by atoms with E-state index in [0.29, 0.717) is 72.4 Å². The van der Waals surface area contributed by atoms with Crippen LogP contribution in [0.25, 0.3) is 22.2 Å². The SMILES string of the molecule is CN1C(=O)[C@H](CCCCN)NC(=O)[C@H](CCCN)NCc2cccnc2Sc2c(Cl)cc(-c3ccncn3)cc2CNC(=O)[C@@H]1Cc1c[nH]c2ccccc12. The molecule has 0 saturated carbocycles. The fourth-order valence-corrected chi connectivity index (χ4v) is 8.12. The minimum absolute atomic E-state index is 0.102. The average molecular weight is 783 g/mol. The fourth-order valence-electron chi connectivity index (χ4n) is 6.77. The standard InChI is InChI=1S/C40H47ClN10O3S/c1-51-35(20-27-22-46-32-10-3-2-9-29(27)32)38(53)48-23-28-18-26(31-13-17-44-24-49-31)19-30(41)36(28)55-39-25(8-7-16-45-39)21-47-33(12-6-15-43)37(52)50-34(40(51)54)11-4-5-14-42/h2-3,7-10,13,16-19,22,24,33-35,46-47H,4-6,11-12,14-15,20-21,23,42-43H2,1H3,(H,48,53)(H,50,52)/t33-,34-,35-/m0/s1. The maximum Gasteiger partial charge on any atom is 0.245 e. The maximum atomic E-state index is 14.5. The highest BCUT2D eigenvalue weighted by molar-refractivity contribution is 7.99. The van der Waals surface area contributed by atoms with Crippen molar-refractivity contribution in [2.24, 2.45) is 11.5 Å².